The molecule has 0 unspecified atom stereocenters. The molecule has 0 spiro atoms. The van der Waals surface area contributed by atoms with Crippen molar-refractivity contribution in [1.29, 1.82) is 0 Å². The molecule has 0 saturated heterocycles. The van der Waals surface area contributed by atoms with Gasteiger partial charge in [0.25, 0.3) is 0 Å². The van der Waals surface area contributed by atoms with Crippen molar-refractivity contribution in [3.63, 3.8) is 0 Å². The zero-order valence-electron chi connectivity index (χ0n) is 15.4. The van der Waals surface area contributed by atoms with Crippen LogP contribution in [0.5, 0.6) is 0 Å². The van der Waals surface area contributed by atoms with Crippen molar-refractivity contribution in [2.45, 2.75) is 13.5 Å². The third-order valence-electron chi connectivity index (χ3n) is 4.11. The second kappa shape index (κ2) is 8.05. The zero-order chi connectivity index (χ0) is 19.4. The van der Waals surface area contributed by atoms with Gasteiger partial charge in [-0.05, 0) is 41.4 Å². The Bertz CT molecular complexity index is 985. The van der Waals surface area contributed by atoms with Crippen LogP contribution in [-0.4, -0.2) is 12.0 Å². The summed E-state index contributed by atoms with van der Waals surface area (Å²) >= 11 is 0.997. The van der Waals surface area contributed by atoms with Gasteiger partial charge < -0.3 is 4.90 Å². The first kappa shape index (κ1) is 18.7. The molecule has 3 rings (SSSR count). The number of rotatable bonds is 6. The van der Waals surface area contributed by atoms with Gasteiger partial charge >= 0.3 is 10.1 Å². The molecule has 0 radical (unpaired) electrons. The lowest BCUT2D eigenvalue weighted by Gasteiger charge is -2.20. The predicted octanol–water partition coefficient (Wildman–Crippen LogP) is 4.84. The summed E-state index contributed by atoms with van der Waals surface area (Å²) in [7, 11) is 3.76. The average molecular weight is 382 g/mol. The Morgan fingerprint density at radius 1 is 1.19 bits per heavy atom. The summed E-state index contributed by atoms with van der Waals surface area (Å²) in [5.41, 5.74) is 4.06. The molecule has 1 aromatic heterocycles. The second-order valence-electron chi connectivity index (χ2n) is 6.23. The van der Waals surface area contributed by atoms with Crippen molar-refractivity contribution in [1.82, 2.24) is 0 Å². The van der Waals surface area contributed by atoms with E-state index in [-0.39, 0.29) is 5.00 Å². The summed E-state index contributed by atoms with van der Waals surface area (Å²) in [6.45, 7) is 2.79. The van der Waals surface area contributed by atoms with Crippen LogP contribution in [0.25, 0.3) is 0 Å². The fourth-order valence-electron chi connectivity index (χ4n) is 2.62. The maximum atomic E-state index is 10.9. The molecule has 0 bridgehead atoms. The van der Waals surface area contributed by atoms with E-state index in [4.69, 9.17) is 0 Å². The molecule has 138 valence electrons. The van der Waals surface area contributed by atoms with E-state index in [2.05, 4.69) is 33.3 Å². The molecule has 0 aliphatic carbocycles. The van der Waals surface area contributed by atoms with Crippen LogP contribution in [0.2, 0.25) is 0 Å². The zero-order valence-corrected chi connectivity index (χ0v) is 16.2. The number of aromatic nitrogens is 1. The Morgan fingerprint density at radius 2 is 1.93 bits per heavy atom. The number of anilines is 1. The molecule has 0 saturated carbocycles. The Labute approximate surface area is 161 Å². The number of hydrogen-bond donors (Lipinski definition) is 0. The normalized spacial score (nSPS) is 11.1. The van der Waals surface area contributed by atoms with E-state index in [1.54, 1.807) is 11.6 Å². The maximum absolute atomic E-state index is 10.9. The largest absolute Gasteiger partial charge is 0.414 e. The van der Waals surface area contributed by atoms with Crippen LogP contribution in [0.1, 0.15) is 11.1 Å². The van der Waals surface area contributed by atoms with Crippen LogP contribution in [0.3, 0.4) is 0 Å². The molecule has 8 heteroatoms. The van der Waals surface area contributed by atoms with Crippen LogP contribution in [0.15, 0.2) is 65.0 Å². The van der Waals surface area contributed by atoms with Gasteiger partial charge in [0.15, 0.2) is 6.20 Å². The Morgan fingerprint density at radius 3 is 2.56 bits per heavy atom. The third kappa shape index (κ3) is 4.53. The smallest absolute Gasteiger partial charge is 0.370 e. The number of nitro groups is 1. The molecule has 0 amide bonds. The van der Waals surface area contributed by atoms with E-state index in [9.17, 15) is 10.1 Å². The highest BCUT2D eigenvalue weighted by atomic mass is 32.1. The van der Waals surface area contributed by atoms with Gasteiger partial charge in [-0.2, -0.15) is 0 Å². The van der Waals surface area contributed by atoms with Crippen molar-refractivity contribution in [3.8, 4) is 0 Å². The molecule has 0 atom stereocenters. The van der Waals surface area contributed by atoms with E-state index in [1.807, 2.05) is 44.3 Å². The van der Waals surface area contributed by atoms with Crippen LogP contribution in [-0.2, 0) is 13.6 Å². The number of azo groups is 1. The van der Waals surface area contributed by atoms with Crippen molar-refractivity contribution in [2.24, 2.45) is 17.3 Å². The van der Waals surface area contributed by atoms with Crippen LogP contribution < -0.4 is 9.47 Å². The standard InChI is InChI=1S/C19H20N5O2S/c1-14-11-16(22(2)12-15-7-5-4-6-8-15)9-10-17(14)20-21-19-23(3)13-18(27-19)24(25)26/h4-11,13H,12H2,1-3H3/q+1. The lowest BCUT2D eigenvalue weighted by Crippen LogP contribution is -2.23. The molecule has 3 aromatic rings. The van der Waals surface area contributed by atoms with Crippen molar-refractivity contribution >= 4 is 32.8 Å². The Balaban J connectivity index is 1.75. The summed E-state index contributed by atoms with van der Waals surface area (Å²) in [5.74, 6) is 0. The minimum atomic E-state index is -0.424. The fourth-order valence-corrected chi connectivity index (χ4v) is 3.37. The van der Waals surface area contributed by atoms with Crippen molar-refractivity contribution in [2.75, 3.05) is 11.9 Å². The lowest BCUT2D eigenvalue weighted by molar-refractivity contribution is -0.656. The van der Waals surface area contributed by atoms with Crippen molar-refractivity contribution < 1.29 is 9.49 Å². The van der Waals surface area contributed by atoms with Crippen LogP contribution in [0, 0.1) is 17.0 Å². The topological polar surface area (TPSA) is 75.0 Å². The Kier molecular flexibility index (Phi) is 5.56. The summed E-state index contributed by atoms with van der Waals surface area (Å²) in [6.07, 6.45) is 1.44. The average Bonchev–Trinajstić information content (AvgIpc) is 3.02. The monoisotopic (exact) mass is 382 g/mol. The van der Waals surface area contributed by atoms with E-state index < -0.39 is 4.92 Å². The minimum absolute atomic E-state index is 0.0426. The van der Waals surface area contributed by atoms with E-state index in [1.165, 1.54) is 11.8 Å². The Hall–Kier alpha value is -3.13. The second-order valence-corrected chi connectivity index (χ2v) is 7.22. The summed E-state index contributed by atoms with van der Waals surface area (Å²) in [4.78, 5) is 12.6. The molecule has 7 nitrogen and oxygen atoms in total. The molecule has 27 heavy (non-hydrogen) atoms. The van der Waals surface area contributed by atoms with Gasteiger partial charge in [0, 0.05) is 30.6 Å². The summed E-state index contributed by atoms with van der Waals surface area (Å²) in [5, 5.41) is 19.8. The first-order valence-corrected chi connectivity index (χ1v) is 9.17. The van der Waals surface area contributed by atoms with Crippen LogP contribution in [0.4, 0.5) is 21.5 Å². The molecule has 1 heterocycles. The molecular formula is C19H20N5O2S+. The van der Waals surface area contributed by atoms with Crippen molar-refractivity contribution in [3.05, 3.63) is 76.0 Å². The van der Waals surface area contributed by atoms with Gasteiger partial charge in [0.05, 0.1) is 17.1 Å². The number of hydrogen-bond acceptors (Lipinski definition) is 6. The molecule has 0 N–H and O–H groups in total. The van der Waals surface area contributed by atoms with E-state index >= 15 is 0 Å². The van der Waals surface area contributed by atoms with Gasteiger partial charge in [0.1, 0.15) is 5.69 Å². The van der Waals surface area contributed by atoms with Gasteiger partial charge in [-0.3, -0.25) is 10.1 Å². The molecule has 0 aliphatic heterocycles. The molecular weight excluding hydrogens is 362 g/mol. The number of aryl methyl sites for hydroxylation is 2. The van der Waals surface area contributed by atoms with Crippen LogP contribution >= 0.6 is 11.3 Å². The highest BCUT2D eigenvalue weighted by Gasteiger charge is 2.21. The molecule has 0 aliphatic rings. The van der Waals surface area contributed by atoms with Gasteiger partial charge in [0.2, 0.25) is 0 Å². The van der Waals surface area contributed by atoms with E-state index in [0.29, 0.717) is 5.13 Å². The lowest BCUT2D eigenvalue weighted by atomic mass is 10.1. The minimum Gasteiger partial charge on any atom is -0.370 e. The SMILES string of the molecule is Cc1cc(N(C)Cc2ccccc2)ccc1N=Nc1sc([N+](=O)[O-])c[n+]1C. The first-order chi connectivity index (χ1) is 12.9. The summed E-state index contributed by atoms with van der Waals surface area (Å²) in [6, 6.07) is 16.3. The fraction of sp³-hybridized carbons (Fsp3) is 0.211. The predicted molar refractivity (Wildman–Crippen MR) is 106 cm³/mol. The van der Waals surface area contributed by atoms with Gasteiger partial charge in [-0.15, -0.1) is 0 Å². The first-order valence-electron chi connectivity index (χ1n) is 8.35. The number of benzene rings is 2. The highest BCUT2D eigenvalue weighted by Crippen LogP contribution is 2.29. The van der Waals surface area contributed by atoms with Gasteiger partial charge in [-0.25, -0.2) is 4.57 Å². The quantitative estimate of drug-likeness (QED) is 0.265. The maximum Gasteiger partial charge on any atom is 0.414 e. The molecule has 2 aromatic carbocycles. The highest BCUT2D eigenvalue weighted by molar-refractivity contribution is 7.17. The molecule has 0 fully saturated rings. The van der Waals surface area contributed by atoms with Gasteiger partial charge in [-0.1, -0.05) is 30.3 Å². The summed E-state index contributed by atoms with van der Waals surface area (Å²) < 4.78 is 1.60. The number of nitrogens with zero attached hydrogens (tertiary/aromatic N) is 5. The number of thiazole rings is 1. The van der Waals surface area contributed by atoms with E-state index in [0.717, 1.165) is 34.8 Å². The third-order valence-corrected chi connectivity index (χ3v) is 5.12.